The normalized spacial score (nSPS) is 14.9. The fourth-order valence-electron chi connectivity index (χ4n) is 5.16. The Balaban J connectivity index is 1.28. The van der Waals surface area contributed by atoms with Gasteiger partial charge >= 0.3 is 0 Å². The van der Waals surface area contributed by atoms with Gasteiger partial charge in [-0.05, 0) is 71.7 Å². The highest BCUT2D eigenvalue weighted by Gasteiger charge is 2.50. The van der Waals surface area contributed by atoms with Crippen LogP contribution in [0, 0.1) is 6.92 Å². The maximum Gasteiger partial charge on any atom is 0.231 e. The van der Waals surface area contributed by atoms with Gasteiger partial charge in [0.2, 0.25) is 12.7 Å². The number of benzene rings is 3. The van der Waals surface area contributed by atoms with Crippen molar-refractivity contribution in [3.05, 3.63) is 82.9 Å². The van der Waals surface area contributed by atoms with Gasteiger partial charge in [0, 0.05) is 26.4 Å². The van der Waals surface area contributed by atoms with Crippen LogP contribution in [0.3, 0.4) is 0 Å². The maximum atomic E-state index is 13.5. The molecule has 0 bridgehead atoms. The quantitative estimate of drug-likeness (QED) is 0.326. The predicted octanol–water partition coefficient (Wildman–Crippen LogP) is 6.38. The van der Waals surface area contributed by atoms with Gasteiger partial charge in [0.05, 0.1) is 5.41 Å². The standard InChI is InChI=1S/C32H35NO4/c1-4-5-6-31(35)33(3)20-23-9-11-25(12-10-23)27-17-24(8-7-22(27)2)18-30(34)32(15-16-32)26-13-14-28-29(19-26)37-21-36-28/h7-14,17,19H,4-6,15-16,18,20-21H2,1-3H3. The van der Waals surface area contributed by atoms with Crippen molar-refractivity contribution >= 4 is 11.7 Å². The number of nitrogens with zero attached hydrogens (tertiary/aromatic N) is 1. The molecule has 1 fully saturated rings. The molecule has 3 aromatic carbocycles. The highest BCUT2D eigenvalue weighted by Crippen LogP contribution is 2.51. The number of carbonyl (C=O) groups excluding carboxylic acids is 2. The minimum atomic E-state index is -0.408. The third kappa shape index (κ3) is 5.27. The van der Waals surface area contributed by atoms with E-state index >= 15 is 0 Å². The Morgan fingerprint density at radius 2 is 1.65 bits per heavy atom. The van der Waals surface area contributed by atoms with Crippen LogP contribution in [0.2, 0.25) is 0 Å². The van der Waals surface area contributed by atoms with Crippen molar-refractivity contribution in [3.63, 3.8) is 0 Å². The second-order valence-corrected chi connectivity index (χ2v) is 10.4. The third-order valence-corrected chi connectivity index (χ3v) is 7.73. The Hall–Kier alpha value is -3.60. The molecule has 5 heteroatoms. The molecule has 3 aromatic rings. The molecule has 0 unspecified atom stereocenters. The monoisotopic (exact) mass is 497 g/mol. The van der Waals surface area contributed by atoms with Crippen molar-refractivity contribution in [1.29, 1.82) is 0 Å². The van der Waals surface area contributed by atoms with Crippen LogP contribution in [-0.2, 0) is 28.0 Å². The second kappa shape index (κ2) is 10.4. The minimum absolute atomic E-state index is 0.188. The number of rotatable bonds is 10. The number of carbonyl (C=O) groups is 2. The summed E-state index contributed by atoms with van der Waals surface area (Å²) in [6, 6.07) is 20.6. The lowest BCUT2D eigenvalue weighted by molar-refractivity contribution is -0.130. The number of amides is 1. The molecule has 1 saturated carbocycles. The van der Waals surface area contributed by atoms with Crippen LogP contribution < -0.4 is 9.47 Å². The van der Waals surface area contributed by atoms with Crippen molar-refractivity contribution in [2.45, 2.75) is 64.3 Å². The SMILES string of the molecule is CCCCC(=O)N(C)Cc1ccc(-c2cc(CC(=O)C3(c4ccc5c(c4)OCO5)CC3)ccc2C)cc1. The first-order valence-corrected chi connectivity index (χ1v) is 13.3. The van der Waals surface area contributed by atoms with Crippen LogP contribution in [-0.4, -0.2) is 30.4 Å². The fraction of sp³-hybridized carbons (Fsp3) is 0.375. The summed E-state index contributed by atoms with van der Waals surface area (Å²) in [6.07, 6.45) is 4.72. The van der Waals surface area contributed by atoms with Crippen LogP contribution >= 0.6 is 0 Å². The predicted molar refractivity (Wildman–Crippen MR) is 145 cm³/mol. The third-order valence-electron chi connectivity index (χ3n) is 7.73. The Kier molecular flexibility index (Phi) is 7.05. The zero-order chi connectivity index (χ0) is 26.0. The Morgan fingerprint density at radius 3 is 2.38 bits per heavy atom. The van der Waals surface area contributed by atoms with Crippen molar-refractivity contribution in [2.24, 2.45) is 0 Å². The molecule has 0 atom stereocenters. The molecule has 0 aromatic heterocycles. The highest BCUT2D eigenvalue weighted by molar-refractivity contribution is 5.95. The van der Waals surface area contributed by atoms with Crippen LogP contribution in [0.25, 0.3) is 11.1 Å². The number of hydrogen-bond acceptors (Lipinski definition) is 4. The van der Waals surface area contributed by atoms with E-state index in [0.29, 0.717) is 19.4 Å². The summed E-state index contributed by atoms with van der Waals surface area (Å²) in [5.41, 5.74) is 6.19. The summed E-state index contributed by atoms with van der Waals surface area (Å²) in [5.74, 6) is 1.92. The summed E-state index contributed by atoms with van der Waals surface area (Å²) >= 11 is 0. The van der Waals surface area contributed by atoms with Crippen molar-refractivity contribution in [2.75, 3.05) is 13.8 Å². The number of unbranched alkanes of at least 4 members (excludes halogenated alkanes) is 1. The van der Waals surface area contributed by atoms with E-state index in [2.05, 4.69) is 56.3 Å². The lowest BCUT2D eigenvalue weighted by Crippen LogP contribution is -2.25. The molecule has 1 amide bonds. The molecule has 5 rings (SSSR count). The smallest absolute Gasteiger partial charge is 0.231 e. The molecule has 0 N–H and O–H groups in total. The molecule has 1 aliphatic heterocycles. The molecule has 0 spiro atoms. The summed E-state index contributed by atoms with van der Waals surface area (Å²) in [4.78, 5) is 27.6. The number of ketones is 1. The van der Waals surface area contributed by atoms with E-state index < -0.39 is 5.41 Å². The fourth-order valence-corrected chi connectivity index (χ4v) is 5.16. The average molecular weight is 498 g/mol. The average Bonchev–Trinajstić information content (AvgIpc) is 3.59. The largest absolute Gasteiger partial charge is 0.454 e. The van der Waals surface area contributed by atoms with E-state index in [1.807, 2.05) is 25.2 Å². The van der Waals surface area contributed by atoms with Crippen LogP contribution in [0.5, 0.6) is 11.5 Å². The van der Waals surface area contributed by atoms with Gasteiger partial charge in [-0.15, -0.1) is 0 Å². The summed E-state index contributed by atoms with van der Waals surface area (Å²) in [6.45, 7) is 5.05. The lowest BCUT2D eigenvalue weighted by Gasteiger charge is -2.18. The van der Waals surface area contributed by atoms with Gasteiger partial charge in [-0.2, -0.15) is 0 Å². The second-order valence-electron chi connectivity index (χ2n) is 10.4. The Labute approximate surface area is 219 Å². The molecule has 1 heterocycles. The van der Waals surface area contributed by atoms with Crippen LogP contribution in [0.4, 0.5) is 0 Å². The maximum absolute atomic E-state index is 13.5. The Morgan fingerprint density at radius 1 is 0.919 bits per heavy atom. The number of Topliss-reactive ketones (excluding diaryl/α,β-unsaturated/α-hetero) is 1. The zero-order valence-electron chi connectivity index (χ0n) is 22.0. The summed E-state index contributed by atoms with van der Waals surface area (Å²) in [7, 11) is 1.87. The zero-order valence-corrected chi connectivity index (χ0v) is 22.0. The molecule has 1 aliphatic carbocycles. The molecule has 0 radical (unpaired) electrons. The summed E-state index contributed by atoms with van der Waals surface area (Å²) < 4.78 is 11.0. The molecule has 192 valence electrons. The van der Waals surface area contributed by atoms with E-state index in [-0.39, 0.29) is 18.5 Å². The first kappa shape index (κ1) is 25.1. The van der Waals surface area contributed by atoms with Crippen molar-refractivity contribution in [3.8, 4) is 22.6 Å². The van der Waals surface area contributed by atoms with Crippen LogP contribution in [0.1, 0.15) is 61.3 Å². The summed E-state index contributed by atoms with van der Waals surface area (Å²) in [5, 5.41) is 0. The van der Waals surface area contributed by atoms with E-state index in [1.54, 1.807) is 4.90 Å². The molecule has 37 heavy (non-hydrogen) atoms. The van der Waals surface area contributed by atoms with Gasteiger partial charge in [-0.25, -0.2) is 0 Å². The van der Waals surface area contributed by atoms with Gasteiger partial charge < -0.3 is 14.4 Å². The van der Waals surface area contributed by atoms with Crippen molar-refractivity contribution in [1.82, 2.24) is 4.90 Å². The van der Waals surface area contributed by atoms with Crippen molar-refractivity contribution < 1.29 is 19.1 Å². The van der Waals surface area contributed by atoms with Gasteiger partial charge in [-0.1, -0.05) is 61.9 Å². The first-order chi connectivity index (χ1) is 17.9. The molecular weight excluding hydrogens is 462 g/mol. The molecular formula is C32H35NO4. The van der Waals surface area contributed by atoms with Gasteiger partial charge in [0.25, 0.3) is 0 Å². The molecule has 2 aliphatic rings. The Bertz CT molecular complexity index is 1310. The number of aryl methyl sites for hydroxylation is 1. The highest BCUT2D eigenvalue weighted by atomic mass is 16.7. The number of fused-ring (bicyclic) bond motifs is 1. The van der Waals surface area contributed by atoms with E-state index in [1.165, 1.54) is 5.56 Å². The van der Waals surface area contributed by atoms with E-state index in [0.717, 1.165) is 65.0 Å². The number of hydrogen-bond donors (Lipinski definition) is 0. The van der Waals surface area contributed by atoms with Gasteiger partial charge in [0.1, 0.15) is 5.78 Å². The van der Waals surface area contributed by atoms with Gasteiger partial charge in [0.15, 0.2) is 11.5 Å². The topological polar surface area (TPSA) is 55.8 Å². The first-order valence-electron chi connectivity index (χ1n) is 13.3. The van der Waals surface area contributed by atoms with Crippen LogP contribution in [0.15, 0.2) is 60.7 Å². The van der Waals surface area contributed by atoms with E-state index in [9.17, 15) is 9.59 Å². The van der Waals surface area contributed by atoms with Gasteiger partial charge in [-0.3, -0.25) is 9.59 Å². The lowest BCUT2D eigenvalue weighted by atomic mass is 9.87. The number of ether oxygens (including phenoxy) is 2. The molecule has 0 saturated heterocycles. The van der Waals surface area contributed by atoms with E-state index in [4.69, 9.17) is 9.47 Å². The minimum Gasteiger partial charge on any atom is -0.454 e. The molecule has 5 nitrogen and oxygen atoms in total.